The van der Waals surface area contributed by atoms with Gasteiger partial charge >= 0.3 is 0 Å². The number of ether oxygens (including phenoxy) is 2. The molecule has 0 spiro atoms. The molecule has 6 nitrogen and oxygen atoms in total. The number of sulfone groups is 1. The Hall–Kier alpha value is -2.03. The fourth-order valence-electron chi connectivity index (χ4n) is 4.26. The average molecular weight is 451 g/mol. The van der Waals surface area contributed by atoms with Gasteiger partial charge in [-0.15, -0.1) is 0 Å². The summed E-state index contributed by atoms with van der Waals surface area (Å²) in [4.78, 5) is 3.93. The SMILES string of the molecule is O=S1(=O)C[C@@H]2[C@H](C1)N(c1ccc3c(c1)OCCO3)C(=S)N2Cc1ccccc1Cl. The van der Waals surface area contributed by atoms with Gasteiger partial charge in [0.2, 0.25) is 0 Å². The number of benzene rings is 2. The highest BCUT2D eigenvalue weighted by atomic mass is 35.5. The van der Waals surface area contributed by atoms with Crippen LogP contribution in [0.2, 0.25) is 5.02 Å². The summed E-state index contributed by atoms with van der Waals surface area (Å²) in [6.45, 7) is 1.47. The topological polar surface area (TPSA) is 59.1 Å². The quantitative estimate of drug-likeness (QED) is 0.666. The Kier molecular flexibility index (Phi) is 4.60. The molecule has 9 heteroatoms. The van der Waals surface area contributed by atoms with E-state index in [-0.39, 0.29) is 23.6 Å². The highest BCUT2D eigenvalue weighted by molar-refractivity contribution is 7.91. The van der Waals surface area contributed by atoms with Crippen LogP contribution in [0, 0.1) is 0 Å². The Morgan fingerprint density at radius 1 is 1.03 bits per heavy atom. The van der Waals surface area contributed by atoms with Crippen LogP contribution in [0.1, 0.15) is 5.56 Å². The molecule has 2 aromatic carbocycles. The molecule has 0 aromatic heterocycles. The number of anilines is 1. The van der Waals surface area contributed by atoms with Gasteiger partial charge in [-0.3, -0.25) is 0 Å². The minimum Gasteiger partial charge on any atom is -0.486 e. The third kappa shape index (κ3) is 3.33. The van der Waals surface area contributed by atoms with Gasteiger partial charge in [0, 0.05) is 23.3 Å². The van der Waals surface area contributed by atoms with E-state index in [1.54, 1.807) is 0 Å². The summed E-state index contributed by atoms with van der Waals surface area (Å²) in [5, 5.41) is 1.25. The minimum absolute atomic E-state index is 0.0747. The predicted octanol–water partition coefficient (Wildman–Crippen LogP) is 2.88. The van der Waals surface area contributed by atoms with Gasteiger partial charge in [-0.05, 0) is 36.0 Å². The van der Waals surface area contributed by atoms with Gasteiger partial charge in [-0.2, -0.15) is 0 Å². The highest BCUT2D eigenvalue weighted by Crippen LogP contribution is 2.40. The normalized spacial score (nSPS) is 24.7. The predicted molar refractivity (Wildman–Crippen MR) is 116 cm³/mol. The van der Waals surface area contributed by atoms with E-state index in [4.69, 9.17) is 33.3 Å². The molecule has 3 aliphatic rings. The molecule has 3 aliphatic heterocycles. The second kappa shape index (κ2) is 7.04. The molecule has 0 saturated carbocycles. The summed E-state index contributed by atoms with van der Waals surface area (Å²) in [5.74, 6) is 1.50. The van der Waals surface area contributed by atoms with Crippen LogP contribution in [-0.4, -0.2) is 55.2 Å². The summed E-state index contributed by atoms with van der Waals surface area (Å²) < 4.78 is 36.2. The molecule has 2 saturated heterocycles. The van der Waals surface area contributed by atoms with Crippen LogP contribution < -0.4 is 14.4 Å². The van der Waals surface area contributed by atoms with Crippen molar-refractivity contribution < 1.29 is 17.9 Å². The van der Waals surface area contributed by atoms with Crippen LogP contribution in [0.15, 0.2) is 42.5 Å². The van der Waals surface area contributed by atoms with Crippen molar-refractivity contribution in [3.8, 4) is 11.5 Å². The molecule has 2 atom stereocenters. The zero-order chi connectivity index (χ0) is 20.2. The number of hydrogen-bond acceptors (Lipinski definition) is 5. The van der Waals surface area contributed by atoms with E-state index in [0.29, 0.717) is 41.4 Å². The number of hydrogen-bond donors (Lipinski definition) is 0. The van der Waals surface area contributed by atoms with Crippen molar-refractivity contribution in [1.29, 1.82) is 0 Å². The summed E-state index contributed by atoms with van der Waals surface area (Å²) in [6.07, 6.45) is 0. The van der Waals surface area contributed by atoms with Gasteiger partial charge in [-0.25, -0.2) is 8.42 Å². The minimum atomic E-state index is -3.15. The molecule has 0 amide bonds. The van der Waals surface area contributed by atoms with Crippen molar-refractivity contribution in [2.24, 2.45) is 0 Å². The molecule has 3 heterocycles. The van der Waals surface area contributed by atoms with E-state index in [1.165, 1.54) is 0 Å². The van der Waals surface area contributed by atoms with Crippen molar-refractivity contribution in [3.05, 3.63) is 53.1 Å². The van der Waals surface area contributed by atoms with Crippen molar-refractivity contribution in [2.75, 3.05) is 29.6 Å². The fraction of sp³-hybridized carbons (Fsp3) is 0.350. The summed E-state index contributed by atoms with van der Waals surface area (Å²) in [7, 11) is -3.15. The number of nitrogens with zero attached hydrogens (tertiary/aromatic N) is 2. The lowest BCUT2D eigenvalue weighted by atomic mass is 10.1. The lowest BCUT2D eigenvalue weighted by molar-refractivity contribution is 0.171. The average Bonchev–Trinajstić information content (AvgIpc) is 3.13. The molecule has 152 valence electrons. The molecular formula is C20H19ClN2O4S2. The smallest absolute Gasteiger partial charge is 0.177 e. The molecule has 0 N–H and O–H groups in total. The second-order valence-corrected chi connectivity index (χ2v) is 10.3. The maximum Gasteiger partial charge on any atom is 0.177 e. The van der Waals surface area contributed by atoms with Crippen LogP contribution in [0.5, 0.6) is 11.5 Å². The Balaban J connectivity index is 1.52. The fourth-order valence-corrected chi connectivity index (χ4v) is 6.84. The van der Waals surface area contributed by atoms with Crippen LogP contribution in [0.25, 0.3) is 0 Å². The van der Waals surface area contributed by atoms with Crippen LogP contribution in [-0.2, 0) is 16.4 Å². The van der Waals surface area contributed by atoms with Crippen molar-refractivity contribution >= 4 is 44.5 Å². The number of thiocarbonyl (C=S) groups is 1. The molecule has 5 rings (SSSR count). The standard InChI is InChI=1S/C20H19ClN2O4S2/c21-15-4-2-1-3-13(15)10-22-16-11-29(24,25)12-17(16)23(20(22)28)14-5-6-18-19(9-14)27-8-7-26-18/h1-6,9,16-17H,7-8,10-12H2/t16-,17+/m1/s1. The van der Waals surface area contributed by atoms with Crippen molar-refractivity contribution in [2.45, 2.75) is 18.6 Å². The Bertz CT molecular complexity index is 1090. The molecular weight excluding hydrogens is 432 g/mol. The molecule has 0 unspecified atom stereocenters. The monoisotopic (exact) mass is 450 g/mol. The van der Waals surface area contributed by atoms with Gasteiger partial charge in [0.25, 0.3) is 0 Å². The van der Waals surface area contributed by atoms with Crippen LogP contribution in [0.3, 0.4) is 0 Å². The Labute approximate surface area is 179 Å². The second-order valence-electron chi connectivity index (χ2n) is 7.41. The molecule has 0 radical (unpaired) electrons. The van der Waals surface area contributed by atoms with Gasteiger partial charge in [-0.1, -0.05) is 29.8 Å². The number of rotatable bonds is 3. The lowest BCUT2D eigenvalue weighted by Gasteiger charge is -2.27. The molecule has 0 bridgehead atoms. The molecule has 2 aromatic rings. The first-order chi connectivity index (χ1) is 13.9. The summed E-state index contributed by atoms with van der Waals surface area (Å²) >= 11 is 12.2. The first-order valence-corrected chi connectivity index (χ1v) is 12.0. The van der Waals surface area contributed by atoms with E-state index in [2.05, 4.69) is 0 Å². The van der Waals surface area contributed by atoms with E-state index < -0.39 is 9.84 Å². The summed E-state index contributed by atoms with van der Waals surface area (Å²) in [5.41, 5.74) is 1.73. The first-order valence-electron chi connectivity index (χ1n) is 9.36. The molecule has 0 aliphatic carbocycles. The zero-order valence-electron chi connectivity index (χ0n) is 15.5. The number of halogens is 1. The largest absolute Gasteiger partial charge is 0.486 e. The van der Waals surface area contributed by atoms with Crippen molar-refractivity contribution in [3.63, 3.8) is 0 Å². The maximum atomic E-state index is 12.5. The summed E-state index contributed by atoms with van der Waals surface area (Å²) in [6, 6.07) is 12.7. The molecule has 2 fully saturated rings. The van der Waals surface area contributed by atoms with Gasteiger partial charge in [0.1, 0.15) is 13.2 Å². The third-order valence-electron chi connectivity index (χ3n) is 5.58. The van der Waals surface area contributed by atoms with Gasteiger partial charge in [0.05, 0.1) is 23.6 Å². The zero-order valence-corrected chi connectivity index (χ0v) is 17.8. The van der Waals surface area contributed by atoms with Crippen LogP contribution >= 0.6 is 23.8 Å². The molecule has 29 heavy (non-hydrogen) atoms. The first kappa shape index (κ1) is 19.0. The van der Waals surface area contributed by atoms with E-state index in [1.807, 2.05) is 52.3 Å². The van der Waals surface area contributed by atoms with Crippen molar-refractivity contribution in [1.82, 2.24) is 4.90 Å². The Morgan fingerprint density at radius 3 is 2.55 bits per heavy atom. The Morgan fingerprint density at radius 2 is 1.76 bits per heavy atom. The number of fused-ring (bicyclic) bond motifs is 2. The van der Waals surface area contributed by atoms with Gasteiger partial charge in [0.15, 0.2) is 26.4 Å². The van der Waals surface area contributed by atoms with E-state index in [0.717, 1.165) is 11.3 Å². The highest BCUT2D eigenvalue weighted by Gasteiger charge is 2.52. The van der Waals surface area contributed by atoms with E-state index in [9.17, 15) is 8.42 Å². The van der Waals surface area contributed by atoms with E-state index >= 15 is 0 Å². The van der Waals surface area contributed by atoms with Crippen LogP contribution in [0.4, 0.5) is 5.69 Å². The lowest BCUT2D eigenvalue weighted by Crippen LogP contribution is -2.37. The maximum absolute atomic E-state index is 12.5. The third-order valence-corrected chi connectivity index (χ3v) is 8.08. The van der Waals surface area contributed by atoms with Gasteiger partial charge < -0.3 is 19.3 Å².